The van der Waals surface area contributed by atoms with E-state index in [2.05, 4.69) is 9.72 Å². The highest BCUT2D eigenvalue weighted by molar-refractivity contribution is 5.89. The lowest BCUT2D eigenvalue weighted by molar-refractivity contribution is -0.146. The molecule has 1 unspecified atom stereocenters. The van der Waals surface area contributed by atoms with Gasteiger partial charge in [-0.1, -0.05) is 0 Å². The van der Waals surface area contributed by atoms with E-state index in [4.69, 9.17) is 0 Å². The number of aliphatic carboxylic acids is 1. The lowest BCUT2D eigenvalue weighted by atomic mass is 9.90. The van der Waals surface area contributed by atoms with Crippen LogP contribution in [0.1, 0.15) is 23.7 Å². The van der Waals surface area contributed by atoms with Crippen LogP contribution < -0.4 is 4.90 Å². The number of esters is 1. The fraction of sp³-hybridized carbons (Fsp3) is 0.462. The molecular weight excluding hydrogens is 248 g/mol. The summed E-state index contributed by atoms with van der Waals surface area (Å²) in [6.45, 7) is 2.80. The first-order chi connectivity index (χ1) is 8.96. The number of ether oxygens (including phenoxy) is 1. The van der Waals surface area contributed by atoms with Crippen molar-refractivity contribution < 1.29 is 19.4 Å². The summed E-state index contributed by atoms with van der Waals surface area (Å²) in [5, 5.41) is 9.18. The molecule has 0 aliphatic carbocycles. The first kappa shape index (κ1) is 13.3. The van der Waals surface area contributed by atoms with E-state index in [1.54, 1.807) is 19.1 Å². The van der Waals surface area contributed by atoms with Gasteiger partial charge in [0.1, 0.15) is 5.82 Å². The number of carboxylic acids is 1. The van der Waals surface area contributed by atoms with Crippen molar-refractivity contribution >= 4 is 17.8 Å². The lowest BCUT2D eigenvalue weighted by Gasteiger charge is -2.20. The lowest BCUT2D eigenvalue weighted by Crippen LogP contribution is -2.32. The second kappa shape index (κ2) is 4.87. The van der Waals surface area contributed by atoms with Crippen molar-refractivity contribution in [3.05, 3.63) is 23.9 Å². The van der Waals surface area contributed by atoms with E-state index < -0.39 is 17.4 Å². The average molecular weight is 264 g/mol. The molecule has 1 aromatic heterocycles. The molecule has 19 heavy (non-hydrogen) atoms. The Morgan fingerprint density at radius 1 is 1.47 bits per heavy atom. The van der Waals surface area contributed by atoms with Gasteiger partial charge in [0.25, 0.3) is 0 Å². The highest BCUT2D eigenvalue weighted by Crippen LogP contribution is 2.32. The van der Waals surface area contributed by atoms with E-state index in [0.717, 1.165) is 0 Å². The van der Waals surface area contributed by atoms with E-state index in [9.17, 15) is 14.7 Å². The summed E-state index contributed by atoms with van der Waals surface area (Å²) in [7, 11) is 1.31. The number of anilines is 1. The molecule has 1 aliphatic rings. The quantitative estimate of drug-likeness (QED) is 0.825. The van der Waals surface area contributed by atoms with Crippen LogP contribution in [-0.2, 0) is 9.53 Å². The normalized spacial score (nSPS) is 22.3. The Labute approximate surface area is 111 Å². The molecule has 0 bridgehead atoms. The molecule has 0 saturated carbocycles. The van der Waals surface area contributed by atoms with Crippen molar-refractivity contribution in [2.75, 3.05) is 25.1 Å². The van der Waals surface area contributed by atoms with Gasteiger partial charge in [-0.15, -0.1) is 0 Å². The molecule has 1 saturated heterocycles. The number of rotatable bonds is 3. The summed E-state index contributed by atoms with van der Waals surface area (Å²) in [6.07, 6.45) is 2.03. The number of methoxy groups -OCH3 is 1. The zero-order valence-corrected chi connectivity index (χ0v) is 10.9. The van der Waals surface area contributed by atoms with Gasteiger partial charge in [0, 0.05) is 19.3 Å². The maximum absolute atomic E-state index is 11.3. The molecule has 1 aromatic rings. The summed E-state index contributed by atoms with van der Waals surface area (Å²) in [6, 6.07) is 3.34. The molecular formula is C13H16N2O4. The maximum Gasteiger partial charge on any atom is 0.339 e. The van der Waals surface area contributed by atoms with Crippen LogP contribution in [0.15, 0.2) is 18.3 Å². The number of pyridine rings is 1. The van der Waals surface area contributed by atoms with Gasteiger partial charge < -0.3 is 14.7 Å². The number of hydrogen-bond acceptors (Lipinski definition) is 5. The largest absolute Gasteiger partial charge is 0.481 e. The fourth-order valence-corrected chi connectivity index (χ4v) is 2.14. The summed E-state index contributed by atoms with van der Waals surface area (Å²) < 4.78 is 4.60. The number of carboxylic acid groups (broad SMARTS) is 1. The molecule has 1 N–H and O–H groups in total. The molecule has 2 heterocycles. The smallest absolute Gasteiger partial charge is 0.339 e. The fourth-order valence-electron chi connectivity index (χ4n) is 2.14. The van der Waals surface area contributed by atoms with Gasteiger partial charge in [0.2, 0.25) is 0 Å². The minimum absolute atomic E-state index is 0.381. The predicted molar refractivity (Wildman–Crippen MR) is 68.1 cm³/mol. The Kier molecular flexibility index (Phi) is 3.42. The van der Waals surface area contributed by atoms with Crippen molar-refractivity contribution in [2.45, 2.75) is 13.3 Å². The molecule has 2 rings (SSSR count). The van der Waals surface area contributed by atoms with Crippen LogP contribution in [0.5, 0.6) is 0 Å². The summed E-state index contributed by atoms with van der Waals surface area (Å²) in [4.78, 5) is 28.6. The van der Waals surface area contributed by atoms with Crippen LogP contribution in [0.4, 0.5) is 5.82 Å². The molecule has 102 valence electrons. The Morgan fingerprint density at radius 2 is 2.21 bits per heavy atom. The Balaban J connectivity index is 2.12. The van der Waals surface area contributed by atoms with Crippen LogP contribution >= 0.6 is 0 Å². The van der Waals surface area contributed by atoms with Gasteiger partial charge >= 0.3 is 11.9 Å². The monoisotopic (exact) mass is 264 g/mol. The first-order valence-corrected chi connectivity index (χ1v) is 5.99. The Morgan fingerprint density at radius 3 is 2.68 bits per heavy atom. The molecule has 0 amide bonds. The van der Waals surface area contributed by atoms with Crippen molar-refractivity contribution in [1.82, 2.24) is 4.98 Å². The number of carbonyl (C=O) groups excluding carboxylic acids is 1. The Hall–Kier alpha value is -2.11. The molecule has 1 fully saturated rings. The van der Waals surface area contributed by atoms with Crippen molar-refractivity contribution in [3.8, 4) is 0 Å². The number of carbonyl (C=O) groups is 2. The summed E-state index contributed by atoms with van der Waals surface area (Å²) >= 11 is 0. The molecule has 0 radical (unpaired) electrons. The van der Waals surface area contributed by atoms with E-state index >= 15 is 0 Å². The molecule has 0 spiro atoms. The highest BCUT2D eigenvalue weighted by atomic mass is 16.5. The average Bonchev–Trinajstić information content (AvgIpc) is 2.82. The number of hydrogen-bond donors (Lipinski definition) is 1. The van der Waals surface area contributed by atoms with Gasteiger partial charge in [-0.3, -0.25) is 4.79 Å². The molecule has 6 heteroatoms. The van der Waals surface area contributed by atoms with E-state index in [0.29, 0.717) is 30.9 Å². The van der Waals surface area contributed by atoms with E-state index in [1.807, 2.05) is 4.90 Å². The van der Waals surface area contributed by atoms with E-state index in [1.165, 1.54) is 13.3 Å². The molecule has 1 atom stereocenters. The predicted octanol–water partition coefficient (Wildman–Crippen LogP) is 1.17. The van der Waals surface area contributed by atoms with Gasteiger partial charge in [0.15, 0.2) is 0 Å². The third-order valence-electron chi connectivity index (χ3n) is 3.48. The number of nitrogens with zero attached hydrogens (tertiary/aromatic N) is 2. The topological polar surface area (TPSA) is 79.7 Å². The second-order valence-electron chi connectivity index (χ2n) is 4.93. The van der Waals surface area contributed by atoms with Gasteiger partial charge in [-0.25, -0.2) is 9.78 Å². The van der Waals surface area contributed by atoms with Crippen molar-refractivity contribution in [3.63, 3.8) is 0 Å². The zero-order chi connectivity index (χ0) is 14.0. The van der Waals surface area contributed by atoms with Crippen molar-refractivity contribution in [2.24, 2.45) is 5.41 Å². The summed E-state index contributed by atoms with van der Waals surface area (Å²) in [5.74, 6) is -0.547. The standard InChI is InChI=1S/C13H16N2O4/c1-13(12(17)18)5-6-15(8-13)10-4-3-9(7-14-10)11(16)19-2/h3-4,7H,5-6,8H2,1-2H3,(H,17,18). The van der Waals surface area contributed by atoms with Gasteiger partial charge in [0.05, 0.1) is 18.1 Å². The Bertz CT molecular complexity index is 500. The molecule has 6 nitrogen and oxygen atoms in total. The second-order valence-corrected chi connectivity index (χ2v) is 4.93. The third kappa shape index (κ3) is 2.52. The van der Waals surface area contributed by atoms with Crippen molar-refractivity contribution in [1.29, 1.82) is 0 Å². The SMILES string of the molecule is COC(=O)c1ccc(N2CCC(C)(C(=O)O)C2)nc1. The maximum atomic E-state index is 11.3. The van der Waals surface area contributed by atoms with Crippen LogP contribution in [0.2, 0.25) is 0 Å². The third-order valence-corrected chi connectivity index (χ3v) is 3.48. The van der Waals surface area contributed by atoms with Gasteiger partial charge in [-0.2, -0.15) is 0 Å². The zero-order valence-electron chi connectivity index (χ0n) is 10.9. The van der Waals surface area contributed by atoms with Crippen LogP contribution in [0, 0.1) is 5.41 Å². The van der Waals surface area contributed by atoms with Crippen LogP contribution in [-0.4, -0.2) is 42.2 Å². The van der Waals surface area contributed by atoms with E-state index in [-0.39, 0.29) is 0 Å². The van der Waals surface area contributed by atoms with Gasteiger partial charge in [-0.05, 0) is 25.5 Å². The summed E-state index contributed by atoms with van der Waals surface area (Å²) in [5.41, 5.74) is -0.352. The highest BCUT2D eigenvalue weighted by Gasteiger charge is 2.40. The first-order valence-electron chi connectivity index (χ1n) is 5.99. The molecule has 0 aromatic carbocycles. The van der Waals surface area contributed by atoms with Crippen LogP contribution in [0.25, 0.3) is 0 Å². The molecule has 1 aliphatic heterocycles. The van der Waals surface area contributed by atoms with Crippen LogP contribution in [0.3, 0.4) is 0 Å². The number of aromatic nitrogens is 1. The minimum atomic E-state index is -0.791. The minimum Gasteiger partial charge on any atom is -0.481 e.